The Bertz CT molecular complexity index is 1120. The highest BCUT2D eigenvalue weighted by molar-refractivity contribution is 5.73. The minimum atomic E-state index is -0.134. The molecule has 0 saturated heterocycles. The van der Waals surface area contributed by atoms with Crippen molar-refractivity contribution in [2.45, 2.75) is 116 Å². The van der Waals surface area contributed by atoms with E-state index in [0.29, 0.717) is 12.2 Å². The van der Waals surface area contributed by atoms with Crippen molar-refractivity contribution in [1.29, 1.82) is 0 Å². The van der Waals surface area contributed by atoms with Crippen molar-refractivity contribution in [3.8, 4) is 28.3 Å². The summed E-state index contributed by atoms with van der Waals surface area (Å²) in [6, 6.07) is 16.1. The van der Waals surface area contributed by atoms with Gasteiger partial charge in [-0.15, -0.1) is 0 Å². The van der Waals surface area contributed by atoms with Gasteiger partial charge in [-0.2, -0.15) is 0 Å². The number of hydrogen-bond donors (Lipinski definition) is 0. The summed E-state index contributed by atoms with van der Waals surface area (Å²) in [5.74, 6) is 2.26. The van der Waals surface area contributed by atoms with E-state index in [2.05, 4.69) is 41.2 Å². The van der Waals surface area contributed by atoms with Gasteiger partial charge in [0.2, 0.25) is 0 Å². The van der Waals surface area contributed by atoms with Gasteiger partial charge in [0, 0.05) is 24.4 Å². The first-order valence-electron chi connectivity index (χ1n) is 15.9. The number of benzene rings is 2. The van der Waals surface area contributed by atoms with E-state index in [4.69, 9.17) is 4.74 Å². The van der Waals surface area contributed by atoms with E-state index in [-0.39, 0.29) is 5.97 Å². The van der Waals surface area contributed by atoms with Gasteiger partial charge in [-0.25, -0.2) is 9.97 Å². The molecule has 0 spiro atoms. The number of aromatic nitrogens is 2. The number of carbonyl (C=O) groups is 1. The van der Waals surface area contributed by atoms with Gasteiger partial charge >= 0.3 is 5.97 Å². The maximum atomic E-state index is 12.3. The Hall–Kier alpha value is -3.01. The molecule has 1 heterocycles. The number of hydrogen-bond acceptors (Lipinski definition) is 4. The molecule has 0 bridgehead atoms. The molecule has 0 amide bonds. The van der Waals surface area contributed by atoms with Crippen LogP contribution >= 0.6 is 0 Å². The summed E-state index contributed by atoms with van der Waals surface area (Å²) in [6.07, 6.45) is 25.0. The number of ether oxygens (including phenoxy) is 1. The quantitative estimate of drug-likeness (QED) is 0.0971. The highest BCUT2D eigenvalue weighted by atomic mass is 16.5. The SMILES string of the molecule is CCCCCc1cnc(-c2ccc(-c3ccc(OC(=O)CCCCCCCCCC4CCCC4)cc3)cc2)nc1. The van der Waals surface area contributed by atoms with Crippen LogP contribution in [0.2, 0.25) is 0 Å². The monoisotopic (exact) mass is 540 g/mol. The number of esters is 1. The molecule has 214 valence electrons. The Morgan fingerprint density at radius 1 is 0.725 bits per heavy atom. The second kappa shape index (κ2) is 16.9. The van der Waals surface area contributed by atoms with Gasteiger partial charge < -0.3 is 4.74 Å². The third-order valence-corrected chi connectivity index (χ3v) is 8.30. The van der Waals surface area contributed by atoms with Crippen LogP contribution in [0.15, 0.2) is 60.9 Å². The lowest BCUT2D eigenvalue weighted by Gasteiger charge is -2.08. The molecule has 0 radical (unpaired) electrons. The average molecular weight is 541 g/mol. The molecule has 4 heteroatoms. The van der Waals surface area contributed by atoms with Gasteiger partial charge in [-0.1, -0.05) is 127 Å². The Balaban J connectivity index is 1.12. The van der Waals surface area contributed by atoms with Crippen LogP contribution in [0.5, 0.6) is 5.75 Å². The standard InChI is InChI=1S/C36H48N2O2/c1-2-3-9-17-30-27-37-36(38-28-30)33-21-19-31(20-22-33)32-23-25-34(26-24-32)40-35(39)18-11-8-6-4-5-7-10-14-29-15-12-13-16-29/h19-29H,2-18H2,1H3. The van der Waals surface area contributed by atoms with Crippen LogP contribution in [0.25, 0.3) is 22.5 Å². The number of rotatable bonds is 17. The molecule has 0 aliphatic heterocycles. The first-order valence-corrected chi connectivity index (χ1v) is 15.9. The Morgan fingerprint density at radius 2 is 1.30 bits per heavy atom. The molecule has 1 fully saturated rings. The average Bonchev–Trinajstić information content (AvgIpc) is 3.51. The minimum Gasteiger partial charge on any atom is -0.427 e. The summed E-state index contributed by atoms with van der Waals surface area (Å²) in [5, 5.41) is 0. The molecule has 4 rings (SSSR count). The number of nitrogens with zero attached hydrogens (tertiary/aromatic N) is 2. The molecule has 3 aromatic rings. The van der Waals surface area contributed by atoms with Crippen LogP contribution < -0.4 is 4.74 Å². The molecule has 0 atom stereocenters. The summed E-state index contributed by atoms with van der Waals surface area (Å²) in [6.45, 7) is 2.22. The van der Waals surface area contributed by atoms with Gasteiger partial charge in [-0.3, -0.25) is 4.79 Å². The molecule has 1 aliphatic rings. The van der Waals surface area contributed by atoms with Crippen LogP contribution in [0.4, 0.5) is 0 Å². The van der Waals surface area contributed by atoms with E-state index in [0.717, 1.165) is 47.7 Å². The maximum absolute atomic E-state index is 12.3. The maximum Gasteiger partial charge on any atom is 0.311 e. The van der Waals surface area contributed by atoms with Crippen molar-refractivity contribution in [2.75, 3.05) is 0 Å². The zero-order valence-corrected chi connectivity index (χ0v) is 24.6. The number of carbonyl (C=O) groups excluding carboxylic acids is 1. The summed E-state index contributed by atoms with van der Waals surface area (Å²) in [5.41, 5.74) is 4.40. The highest BCUT2D eigenvalue weighted by Gasteiger charge is 2.13. The molecule has 4 nitrogen and oxygen atoms in total. The zero-order valence-electron chi connectivity index (χ0n) is 24.6. The first-order chi connectivity index (χ1) is 19.7. The van der Waals surface area contributed by atoms with Gasteiger partial charge in [-0.05, 0) is 54.0 Å². The molecule has 1 saturated carbocycles. The Kier molecular flexibility index (Phi) is 12.7. The largest absolute Gasteiger partial charge is 0.427 e. The van der Waals surface area contributed by atoms with Gasteiger partial charge in [0.1, 0.15) is 5.75 Å². The summed E-state index contributed by atoms with van der Waals surface area (Å²) < 4.78 is 5.58. The van der Waals surface area contributed by atoms with Gasteiger partial charge in [0.05, 0.1) is 0 Å². The van der Waals surface area contributed by atoms with Crippen molar-refractivity contribution >= 4 is 5.97 Å². The summed E-state index contributed by atoms with van der Waals surface area (Å²) in [4.78, 5) is 21.4. The molecule has 40 heavy (non-hydrogen) atoms. The highest BCUT2D eigenvalue weighted by Crippen LogP contribution is 2.29. The predicted molar refractivity (Wildman–Crippen MR) is 165 cm³/mol. The summed E-state index contributed by atoms with van der Waals surface area (Å²) in [7, 11) is 0. The van der Waals surface area contributed by atoms with Gasteiger partial charge in [0.15, 0.2) is 5.82 Å². The van der Waals surface area contributed by atoms with E-state index in [1.54, 1.807) is 0 Å². The van der Waals surface area contributed by atoms with E-state index < -0.39 is 0 Å². The molecular weight excluding hydrogens is 492 g/mol. The van der Waals surface area contributed by atoms with Crippen molar-refractivity contribution in [2.24, 2.45) is 5.92 Å². The van der Waals surface area contributed by atoms with Crippen molar-refractivity contribution in [1.82, 2.24) is 9.97 Å². The van der Waals surface area contributed by atoms with Crippen LogP contribution in [-0.2, 0) is 11.2 Å². The molecular formula is C36H48N2O2. The minimum absolute atomic E-state index is 0.134. The molecule has 1 aromatic heterocycles. The van der Waals surface area contributed by atoms with Crippen LogP contribution in [-0.4, -0.2) is 15.9 Å². The smallest absolute Gasteiger partial charge is 0.311 e. The lowest BCUT2D eigenvalue weighted by atomic mass is 9.99. The topological polar surface area (TPSA) is 52.1 Å². The van der Waals surface area contributed by atoms with Crippen molar-refractivity contribution < 1.29 is 9.53 Å². The Morgan fingerprint density at radius 3 is 1.95 bits per heavy atom. The molecule has 1 aliphatic carbocycles. The van der Waals surface area contributed by atoms with E-state index in [9.17, 15) is 4.79 Å². The Labute approximate surface area is 242 Å². The van der Waals surface area contributed by atoms with E-state index >= 15 is 0 Å². The zero-order chi connectivity index (χ0) is 27.8. The van der Waals surface area contributed by atoms with E-state index in [1.807, 2.05) is 36.7 Å². The molecule has 2 aromatic carbocycles. The fourth-order valence-electron chi connectivity index (χ4n) is 5.81. The van der Waals surface area contributed by atoms with Crippen molar-refractivity contribution in [3.05, 3.63) is 66.5 Å². The third kappa shape index (κ3) is 10.2. The number of aryl methyl sites for hydroxylation is 1. The lowest BCUT2D eigenvalue weighted by molar-refractivity contribution is -0.134. The second-order valence-electron chi connectivity index (χ2n) is 11.6. The third-order valence-electron chi connectivity index (χ3n) is 8.30. The van der Waals surface area contributed by atoms with Crippen LogP contribution in [0.1, 0.15) is 115 Å². The van der Waals surface area contributed by atoms with E-state index in [1.165, 1.54) is 89.0 Å². The van der Waals surface area contributed by atoms with Crippen LogP contribution in [0, 0.1) is 5.92 Å². The molecule has 0 N–H and O–H groups in total. The van der Waals surface area contributed by atoms with Gasteiger partial charge in [0.25, 0.3) is 0 Å². The molecule has 0 unspecified atom stereocenters. The van der Waals surface area contributed by atoms with Crippen LogP contribution in [0.3, 0.4) is 0 Å². The normalized spacial score (nSPS) is 13.5. The lowest BCUT2D eigenvalue weighted by Crippen LogP contribution is -2.07. The first kappa shape index (κ1) is 30.0. The fourth-order valence-corrected chi connectivity index (χ4v) is 5.81. The predicted octanol–water partition coefficient (Wildman–Crippen LogP) is 10.1. The van der Waals surface area contributed by atoms with Crippen molar-refractivity contribution in [3.63, 3.8) is 0 Å². The second-order valence-corrected chi connectivity index (χ2v) is 11.6. The fraction of sp³-hybridized carbons (Fsp3) is 0.528. The number of unbranched alkanes of at least 4 members (excludes halogenated alkanes) is 8. The summed E-state index contributed by atoms with van der Waals surface area (Å²) >= 11 is 0.